The summed E-state index contributed by atoms with van der Waals surface area (Å²) in [5.41, 5.74) is 0.995. The van der Waals surface area contributed by atoms with Gasteiger partial charge in [-0.1, -0.05) is 17.3 Å². The molecule has 1 amide bonds. The summed E-state index contributed by atoms with van der Waals surface area (Å²) in [4.78, 5) is 19.0. The second-order valence-corrected chi connectivity index (χ2v) is 7.49. The van der Waals surface area contributed by atoms with Crippen molar-refractivity contribution in [1.29, 1.82) is 0 Å². The molecule has 28 heavy (non-hydrogen) atoms. The molecule has 0 spiro atoms. The van der Waals surface area contributed by atoms with E-state index >= 15 is 0 Å². The fourth-order valence-electron chi connectivity index (χ4n) is 3.48. The molecule has 2 fully saturated rings. The van der Waals surface area contributed by atoms with E-state index in [9.17, 15) is 4.79 Å². The highest BCUT2D eigenvalue weighted by Crippen LogP contribution is 2.38. The number of ether oxygens (including phenoxy) is 2. The number of carbonyl (C=O) groups is 1. The van der Waals surface area contributed by atoms with Gasteiger partial charge >= 0.3 is 0 Å². The van der Waals surface area contributed by atoms with E-state index in [-0.39, 0.29) is 12.0 Å². The zero-order chi connectivity index (χ0) is 19.3. The Labute approximate surface area is 165 Å². The number of amides is 1. The van der Waals surface area contributed by atoms with Crippen molar-refractivity contribution in [2.45, 2.75) is 57.7 Å². The third-order valence-electron chi connectivity index (χ3n) is 5.19. The summed E-state index contributed by atoms with van der Waals surface area (Å²) in [6.07, 6.45) is 4.58. The summed E-state index contributed by atoms with van der Waals surface area (Å²) in [5, 5.41) is 4.01. The van der Waals surface area contributed by atoms with Crippen molar-refractivity contribution < 1.29 is 18.8 Å². The maximum absolute atomic E-state index is 12.7. The second-order valence-electron chi connectivity index (χ2n) is 7.49. The molecule has 2 aromatic rings. The minimum absolute atomic E-state index is 0.00862. The van der Waals surface area contributed by atoms with E-state index in [1.54, 1.807) is 0 Å². The van der Waals surface area contributed by atoms with Crippen LogP contribution in [0.3, 0.4) is 0 Å². The standard InChI is InChI=1S/C21H27N3O4/c1-2-26-17-9-5-15(6-10-17)12-20(25)24-11-3-4-18(13-24)27-14-19-22-21(23-28-19)16-7-8-16/h5-6,9-10,16,18H,2-4,7-8,11-14H2,1H3. The molecule has 1 aromatic heterocycles. The van der Waals surface area contributed by atoms with Crippen LogP contribution in [0.25, 0.3) is 0 Å². The molecule has 1 aliphatic heterocycles. The first-order valence-electron chi connectivity index (χ1n) is 10.1. The highest BCUT2D eigenvalue weighted by Gasteiger charge is 2.29. The summed E-state index contributed by atoms with van der Waals surface area (Å²) < 4.78 is 16.7. The molecule has 2 heterocycles. The van der Waals surface area contributed by atoms with E-state index in [2.05, 4.69) is 10.1 Å². The van der Waals surface area contributed by atoms with Gasteiger partial charge in [0.1, 0.15) is 12.4 Å². The number of rotatable bonds is 8. The van der Waals surface area contributed by atoms with Crippen LogP contribution >= 0.6 is 0 Å². The Morgan fingerprint density at radius 1 is 1.25 bits per heavy atom. The Morgan fingerprint density at radius 3 is 2.82 bits per heavy atom. The van der Waals surface area contributed by atoms with E-state index in [4.69, 9.17) is 14.0 Å². The van der Waals surface area contributed by atoms with Crippen LogP contribution in [0.2, 0.25) is 0 Å². The van der Waals surface area contributed by atoms with Crippen LogP contribution in [-0.2, 0) is 22.6 Å². The lowest BCUT2D eigenvalue weighted by Gasteiger charge is -2.32. The number of hydrogen-bond acceptors (Lipinski definition) is 6. The third-order valence-corrected chi connectivity index (χ3v) is 5.19. The number of aromatic nitrogens is 2. The highest BCUT2D eigenvalue weighted by molar-refractivity contribution is 5.79. The number of carbonyl (C=O) groups excluding carboxylic acids is 1. The number of nitrogens with zero attached hydrogens (tertiary/aromatic N) is 3. The van der Waals surface area contributed by atoms with Crippen molar-refractivity contribution in [1.82, 2.24) is 15.0 Å². The lowest BCUT2D eigenvalue weighted by Crippen LogP contribution is -2.43. The Balaban J connectivity index is 1.25. The molecule has 1 aliphatic carbocycles. The van der Waals surface area contributed by atoms with Crippen molar-refractivity contribution >= 4 is 5.91 Å². The van der Waals surface area contributed by atoms with E-state index < -0.39 is 0 Å². The molecule has 1 saturated heterocycles. The van der Waals surface area contributed by atoms with Gasteiger partial charge in [-0.05, 0) is 50.3 Å². The van der Waals surface area contributed by atoms with Crippen LogP contribution in [0.5, 0.6) is 5.75 Å². The molecule has 4 rings (SSSR count). The first-order valence-corrected chi connectivity index (χ1v) is 10.1. The normalized spacial score (nSPS) is 19.6. The molecule has 150 valence electrons. The fourth-order valence-corrected chi connectivity index (χ4v) is 3.48. The van der Waals surface area contributed by atoms with Crippen LogP contribution in [0.15, 0.2) is 28.8 Å². The molecule has 0 bridgehead atoms. The average Bonchev–Trinajstić information content (AvgIpc) is 3.46. The van der Waals surface area contributed by atoms with Crippen molar-refractivity contribution in [3.05, 3.63) is 41.5 Å². The highest BCUT2D eigenvalue weighted by atomic mass is 16.5. The van der Waals surface area contributed by atoms with Gasteiger partial charge in [0.05, 0.1) is 19.1 Å². The molecule has 0 N–H and O–H groups in total. The molecule has 7 heteroatoms. The van der Waals surface area contributed by atoms with Gasteiger partial charge in [0.2, 0.25) is 5.91 Å². The van der Waals surface area contributed by atoms with Crippen molar-refractivity contribution in [2.24, 2.45) is 0 Å². The van der Waals surface area contributed by atoms with Gasteiger partial charge in [0.25, 0.3) is 5.89 Å². The molecule has 0 radical (unpaired) electrons. The van der Waals surface area contributed by atoms with Crippen molar-refractivity contribution in [3.63, 3.8) is 0 Å². The molecule has 7 nitrogen and oxygen atoms in total. The summed E-state index contributed by atoms with van der Waals surface area (Å²) >= 11 is 0. The maximum atomic E-state index is 12.7. The van der Waals surface area contributed by atoms with Gasteiger partial charge in [0.15, 0.2) is 5.82 Å². The zero-order valence-corrected chi connectivity index (χ0v) is 16.3. The second kappa shape index (κ2) is 8.73. The third kappa shape index (κ3) is 4.90. The summed E-state index contributed by atoms with van der Waals surface area (Å²) in [5.74, 6) is 2.76. The fraction of sp³-hybridized carbons (Fsp3) is 0.571. The van der Waals surface area contributed by atoms with Gasteiger partial charge in [-0.25, -0.2) is 0 Å². The summed E-state index contributed by atoms with van der Waals surface area (Å²) in [6, 6.07) is 7.73. The Kier molecular flexibility index (Phi) is 5.90. The monoisotopic (exact) mass is 385 g/mol. The van der Waals surface area contributed by atoms with Crippen LogP contribution in [-0.4, -0.2) is 46.7 Å². The average molecular weight is 385 g/mol. The van der Waals surface area contributed by atoms with Crippen LogP contribution in [0.4, 0.5) is 0 Å². The van der Waals surface area contributed by atoms with Gasteiger partial charge in [-0.2, -0.15) is 4.98 Å². The largest absolute Gasteiger partial charge is 0.494 e. The first-order chi connectivity index (χ1) is 13.7. The quantitative estimate of drug-likeness (QED) is 0.695. The molecule has 1 saturated carbocycles. The molecular weight excluding hydrogens is 358 g/mol. The zero-order valence-electron chi connectivity index (χ0n) is 16.3. The minimum atomic E-state index is 0.00862. The van der Waals surface area contributed by atoms with E-state index in [0.717, 1.165) is 49.4 Å². The van der Waals surface area contributed by atoms with Crippen LogP contribution in [0, 0.1) is 0 Å². The number of benzene rings is 1. The van der Waals surface area contributed by atoms with Crippen LogP contribution < -0.4 is 4.74 Å². The van der Waals surface area contributed by atoms with Gasteiger partial charge in [-0.15, -0.1) is 0 Å². The van der Waals surface area contributed by atoms with E-state index in [0.29, 0.717) is 38.0 Å². The molecule has 2 aliphatic rings. The van der Waals surface area contributed by atoms with E-state index in [1.807, 2.05) is 36.1 Å². The smallest absolute Gasteiger partial charge is 0.252 e. The minimum Gasteiger partial charge on any atom is -0.494 e. The Bertz CT molecular complexity index is 785. The molecule has 1 unspecified atom stereocenters. The number of piperidine rings is 1. The topological polar surface area (TPSA) is 77.7 Å². The predicted octanol–water partition coefficient (Wildman–Crippen LogP) is 3.10. The van der Waals surface area contributed by atoms with Crippen molar-refractivity contribution in [3.8, 4) is 5.75 Å². The number of hydrogen-bond donors (Lipinski definition) is 0. The van der Waals surface area contributed by atoms with Gasteiger partial charge in [0, 0.05) is 19.0 Å². The molecular formula is C21H27N3O4. The van der Waals surface area contributed by atoms with Gasteiger partial charge in [-0.3, -0.25) is 4.79 Å². The first kappa shape index (κ1) is 18.9. The maximum Gasteiger partial charge on any atom is 0.252 e. The SMILES string of the molecule is CCOc1ccc(CC(=O)N2CCCC(OCc3nc(C4CC4)no3)C2)cc1. The molecule has 1 atom stereocenters. The lowest BCUT2D eigenvalue weighted by molar-refractivity contribution is -0.135. The Hall–Kier alpha value is -2.41. The molecule has 1 aromatic carbocycles. The Morgan fingerprint density at radius 2 is 2.07 bits per heavy atom. The van der Waals surface area contributed by atoms with Crippen molar-refractivity contribution in [2.75, 3.05) is 19.7 Å². The predicted molar refractivity (Wildman–Crippen MR) is 102 cm³/mol. The van der Waals surface area contributed by atoms with Crippen LogP contribution in [0.1, 0.15) is 55.8 Å². The summed E-state index contributed by atoms with van der Waals surface area (Å²) in [7, 11) is 0. The van der Waals surface area contributed by atoms with Gasteiger partial charge < -0.3 is 18.9 Å². The lowest BCUT2D eigenvalue weighted by atomic mass is 10.1. The number of likely N-dealkylation sites (tertiary alicyclic amines) is 1. The van der Waals surface area contributed by atoms with E-state index in [1.165, 1.54) is 0 Å². The summed E-state index contributed by atoms with van der Waals surface area (Å²) in [6.45, 7) is 4.29.